The van der Waals surface area contributed by atoms with Gasteiger partial charge in [-0.1, -0.05) is 13.8 Å². The lowest BCUT2D eigenvalue weighted by Gasteiger charge is -2.36. The monoisotopic (exact) mass is 254 g/mol. The zero-order valence-electron chi connectivity index (χ0n) is 11.2. The molecule has 0 aromatic carbocycles. The molecule has 2 aliphatic heterocycles. The minimum atomic E-state index is -0.874. The normalized spacial score (nSPS) is 27.3. The van der Waals surface area contributed by atoms with Crippen molar-refractivity contribution in [2.75, 3.05) is 19.6 Å². The lowest BCUT2D eigenvalue weighted by Crippen LogP contribution is -2.52. The predicted octanol–water partition coefficient (Wildman–Crippen LogP) is 1.78. The molecule has 2 amide bonds. The first-order chi connectivity index (χ1) is 8.41. The molecule has 2 rings (SSSR count). The molecule has 102 valence electrons. The average molecular weight is 254 g/mol. The molecular formula is C13H22N2O3. The summed E-state index contributed by atoms with van der Waals surface area (Å²) in [7, 11) is 0. The minimum Gasteiger partial charge on any atom is -0.480 e. The lowest BCUT2D eigenvalue weighted by molar-refractivity contribution is -0.143. The second-order valence-corrected chi connectivity index (χ2v) is 6.16. The highest BCUT2D eigenvalue weighted by Gasteiger charge is 2.38. The summed E-state index contributed by atoms with van der Waals surface area (Å²) in [5.74, 6) is -0.874. The Balaban J connectivity index is 2.05. The van der Waals surface area contributed by atoms with Crippen LogP contribution in [0.3, 0.4) is 0 Å². The molecule has 0 aromatic rings. The summed E-state index contributed by atoms with van der Waals surface area (Å²) in [4.78, 5) is 26.9. The molecule has 0 radical (unpaired) electrons. The summed E-state index contributed by atoms with van der Waals surface area (Å²) in [5, 5.41) is 9.19. The number of hydrogen-bond donors (Lipinski definition) is 1. The van der Waals surface area contributed by atoms with Crippen molar-refractivity contribution in [2.45, 2.75) is 45.6 Å². The van der Waals surface area contributed by atoms with Crippen molar-refractivity contribution in [3.05, 3.63) is 0 Å². The Morgan fingerprint density at radius 3 is 2.50 bits per heavy atom. The maximum absolute atomic E-state index is 12.4. The maximum atomic E-state index is 12.4. The largest absolute Gasteiger partial charge is 0.480 e. The van der Waals surface area contributed by atoms with Gasteiger partial charge in [0.1, 0.15) is 6.04 Å². The van der Waals surface area contributed by atoms with Gasteiger partial charge in [0.15, 0.2) is 0 Å². The molecule has 0 aromatic heterocycles. The molecule has 0 spiro atoms. The standard InChI is InChI=1S/C13H22N2O3/c1-13(2)6-8-14(9-13)12(18)15-7-4-3-5-10(15)11(16)17/h10H,3-9H2,1-2H3,(H,16,17). The number of rotatable bonds is 1. The van der Waals surface area contributed by atoms with Gasteiger partial charge >= 0.3 is 12.0 Å². The van der Waals surface area contributed by atoms with Crippen LogP contribution in [0.25, 0.3) is 0 Å². The van der Waals surface area contributed by atoms with E-state index in [1.165, 1.54) is 0 Å². The zero-order valence-corrected chi connectivity index (χ0v) is 11.2. The summed E-state index contributed by atoms with van der Waals surface area (Å²) in [6.07, 6.45) is 3.38. The number of amides is 2. The predicted molar refractivity (Wildman–Crippen MR) is 67.3 cm³/mol. The van der Waals surface area contributed by atoms with Crippen LogP contribution in [-0.2, 0) is 4.79 Å². The number of aliphatic carboxylic acids is 1. The molecule has 5 heteroatoms. The molecule has 2 heterocycles. The lowest BCUT2D eigenvalue weighted by atomic mass is 9.93. The van der Waals surface area contributed by atoms with Gasteiger partial charge in [0.25, 0.3) is 0 Å². The molecule has 2 aliphatic rings. The molecule has 1 atom stereocenters. The van der Waals surface area contributed by atoms with E-state index in [1.807, 2.05) is 0 Å². The van der Waals surface area contributed by atoms with Crippen LogP contribution in [0, 0.1) is 5.41 Å². The number of carbonyl (C=O) groups is 2. The number of carboxylic acids is 1. The number of likely N-dealkylation sites (tertiary alicyclic amines) is 2. The first-order valence-electron chi connectivity index (χ1n) is 6.69. The Bertz CT molecular complexity index is 354. The van der Waals surface area contributed by atoms with E-state index in [0.29, 0.717) is 13.0 Å². The number of piperidine rings is 1. The van der Waals surface area contributed by atoms with Crippen LogP contribution >= 0.6 is 0 Å². The van der Waals surface area contributed by atoms with Crippen molar-refractivity contribution in [2.24, 2.45) is 5.41 Å². The topological polar surface area (TPSA) is 60.9 Å². The van der Waals surface area contributed by atoms with Crippen molar-refractivity contribution in [1.29, 1.82) is 0 Å². The highest BCUT2D eigenvalue weighted by atomic mass is 16.4. The summed E-state index contributed by atoms with van der Waals surface area (Å²) in [6, 6.07) is -0.720. The Labute approximate surface area is 108 Å². The summed E-state index contributed by atoms with van der Waals surface area (Å²) >= 11 is 0. The third kappa shape index (κ3) is 2.60. The van der Waals surface area contributed by atoms with Crippen LogP contribution in [0.5, 0.6) is 0 Å². The molecule has 1 N–H and O–H groups in total. The molecular weight excluding hydrogens is 232 g/mol. The minimum absolute atomic E-state index is 0.0901. The van der Waals surface area contributed by atoms with E-state index in [1.54, 1.807) is 9.80 Å². The van der Waals surface area contributed by atoms with Gasteiger partial charge in [-0.2, -0.15) is 0 Å². The van der Waals surface area contributed by atoms with E-state index in [-0.39, 0.29) is 11.4 Å². The van der Waals surface area contributed by atoms with Crippen LogP contribution in [0.1, 0.15) is 39.5 Å². The van der Waals surface area contributed by atoms with Crippen LogP contribution in [0.15, 0.2) is 0 Å². The Kier molecular flexibility index (Phi) is 3.50. The van der Waals surface area contributed by atoms with Crippen LogP contribution < -0.4 is 0 Å². The number of carbonyl (C=O) groups excluding carboxylic acids is 1. The molecule has 1 unspecified atom stereocenters. The number of nitrogens with zero attached hydrogens (tertiary/aromatic N) is 2. The number of carboxylic acid groups (broad SMARTS) is 1. The second kappa shape index (κ2) is 4.78. The fraction of sp³-hybridized carbons (Fsp3) is 0.846. The SMILES string of the molecule is CC1(C)CCN(C(=O)N2CCCCC2C(=O)O)C1. The molecule has 18 heavy (non-hydrogen) atoms. The molecule has 5 nitrogen and oxygen atoms in total. The van der Waals surface area contributed by atoms with E-state index in [4.69, 9.17) is 0 Å². The fourth-order valence-corrected chi connectivity index (χ4v) is 2.87. The highest BCUT2D eigenvalue weighted by molar-refractivity contribution is 5.83. The van der Waals surface area contributed by atoms with Crippen molar-refractivity contribution < 1.29 is 14.7 Å². The molecule has 0 bridgehead atoms. The number of hydrogen-bond acceptors (Lipinski definition) is 2. The van der Waals surface area contributed by atoms with Crippen molar-refractivity contribution in [3.63, 3.8) is 0 Å². The summed E-state index contributed by atoms with van der Waals surface area (Å²) < 4.78 is 0. The van der Waals surface area contributed by atoms with E-state index < -0.39 is 12.0 Å². The van der Waals surface area contributed by atoms with E-state index >= 15 is 0 Å². The van der Waals surface area contributed by atoms with Gasteiger partial charge in [-0.25, -0.2) is 9.59 Å². The first-order valence-corrected chi connectivity index (χ1v) is 6.69. The Morgan fingerprint density at radius 1 is 1.22 bits per heavy atom. The average Bonchev–Trinajstić information content (AvgIpc) is 2.68. The molecule has 0 saturated carbocycles. The van der Waals surface area contributed by atoms with Crippen LogP contribution in [0.4, 0.5) is 4.79 Å². The Morgan fingerprint density at radius 2 is 1.94 bits per heavy atom. The van der Waals surface area contributed by atoms with Crippen molar-refractivity contribution >= 4 is 12.0 Å². The van der Waals surface area contributed by atoms with Crippen LogP contribution in [-0.4, -0.2) is 52.6 Å². The first kappa shape index (κ1) is 13.2. The van der Waals surface area contributed by atoms with E-state index in [2.05, 4.69) is 13.8 Å². The van der Waals surface area contributed by atoms with Crippen molar-refractivity contribution in [1.82, 2.24) is 9.80 Å². The second-order valence-electron chi connectivity index (χ2n) is 6.16. The Hall–Kier alpha value is -1.26. The van der Waals surface area contributed by atoms with Gasteiger partial charge in [-0.3, -0.25) is 0 Å². The van der Waals surface area contributed by atoms with Gasteiger partial charge < -0.3 is 14.9 Å². The third-order valence-corrected chi connectivity index (χ3v) is 3.98. The van der Waals surface area contributed by atoms with Gasteiger partial charge in [0.05, 0.1) is 0 Å². The molecule has 2 saturated heterocycles. The van der Waals surface area contributed by atoms with Gasteiger partial charge in [-0.05, 0) is 31.1 Å². The van der Waals surface area contributed by atoms with E-state index in [0.717, 1.165) is 32.4 Å². The quantitative estimate of drug-likeness (QED) is 0.776. The smallest absolute Gasteiger partial charge is 0.326 e. The van der Waals surface area contributed by atoms with Gasteiger partial charge in [0.2, 0.25) is 0 Å². The molecule has 0 aliphatic carbocycles. The van der Waals surface area contributed by atoms with Gasteiger partial charge in [-0.15, -0.1) is 0 Å². The fourth-order valence-electron chi connectivity index (χ4n) is 2.87. The number of urea groups is 1. The van der Waals surface area contributed by atoms with Crippen molar-refractivity contribution in [3.8, 4) is 0 Å². The van der Waals surface area contributed by atoms with Crippen LogP contribution in [0.2, 0.25) is 0 Å². The van der Waals surface area contributed by atoms with Gasteiger partial charge in [0, 0.05) is 19.6 Å². The third-order valence-electron chi connectivity index (χ3n) is 3.98. The summed E-state index contributed by atoms with van der Waals surface area (Å²) in [6.45, 7) is 6.34. The zero-order chi connectivity index (χ0) is 13.3. The van der Waals surface area contributed by atoms with E-state index in [9.17, 15) is 14.7 Å². The maximum Gasteiger partial charge on any atom is 0.326 e. The summed E-state index contributed by atoms with van der Waals surface area (Å²) in [5.41, 5.74) is 0.157. The highest BCUT2D eigenvalue weighted by Crippen LogP contribution is 2.30. The molecule has 2 fully saturated rings.